The molecule has 3 saturated carbocycles. The zero-order valence-corrected chi connectivity index (χ0v) is 36.7. The molecule has 0 aromatic carbocycles. The van der Waals surface area contributed by atoms with Crippen molar-refractivity contribution in [3.63, 3.8) is 0 Å². The summed E-state index contributed by atoms with van der Waals surface area (Å²) in [4.78, 5) is 0. The van der Waals surface area contributed by atoms with E-state index in [4.69, 9.17) is 33.2 Å². The van der Waals surface area contributed by atoms with Crippen LogP contribution in [0.2, 0.25) is 0 Å². The Morgan fingerprint density at radius 3 is 2.06 bits per heavy atom. The molecule has 354 valence electrons. The maximum atomic E-state index is 12.0. The Hall–Kier alpha value is -0.940. The number of piperidine rings is 1. The fourth-order valence-corrected chi connectivity index (χ4v) is 14.2. The summed E-state index contributed by atoms with van der Waals surface area (Å²) in [5.41, 5.74) is 1.35. The molecule has 5 aliphatic heterocycles. The number of allylic oxidation sites excluding steroid dienone is 1. The molecular formula is C45H73NO16. The summed E-state index contributed by atoms with van der Waals surface area (Å²) in [6, 6.07) is 0. The van der Waals surface area contributed by atoms with Crippen LogP contribution in [0.15, 0.2) is 11.6 Å². The highest BCUT2D eigenvalue weighted by molar-refractivity contribution is 5.26. The second kappa shape index (κ2) is 17.3. The minimum Gasteiger partial charge on any atom is -0.394 e. The van der Waals surface area contributed by atoms with Gasteiger partial charge in [0.1, 0.15) is 72.9 Å². The molecule has 8 fully saturated rings. The number of nitrogens with one attached hydrogen (secondary N) is 1. The fraction of sp³-hybridized carbons (Fsp3) is 0.956. The highest BCUT2D eigenvalue weighted by Gasteiger charge is 2.68. The minimum absolute atomic E-state index is 0.0233. The van der Waals surface area contributed by atoms with E-state index in [1.807, 2.05) is 0 Å². The molecule has 4 aliphatic carbocycles. The van der Waals surface area contributed by atoms with Gasteiger partial charge in [-0.05, 0) is 105 Å². The van der Waals surface area contributed by atoms with Crippen molar-refractivity contribution in [1.82, 2.24) is 5.32 Å². The lowest BCUT2D eigenvalue weighted by atomic mass is 9.47. The average molecular weight is 884 g/mol. The smallest absolute Gasteiger partial charge is 0.187 e. The van der Waals surface area contributed by atoms with Crippen LogP contribution in [0.25, 0.3) is 0 Å². The van der Waals surface area contributed by atoms with Crippen molar-refractivity contribution >= 4 is 0 Å². The fourth-order valence-electron chi connectivity index (χ4n) is 14.2. The molecule has 17 heteroatoms. The molecule has 0 aromatic rings. The number of hydrogen-bond acceptors (Lipinski definition) is 17. The minimum atomic E-state index is -1.81. The third-order valence-corrected chi connectivity index (χ3v) is 17.9. The molecule has 0 aromatic heterocycles. The Kier molecular flexibility index (Phi) is 12.9. The molecule has 0 bridgehead atoms. The van der Waals surface area contributed by atoms with E-state index >= 15 is 0 Å². The second-order valence-corrected chi connectivity index (χ2v) is 21.2. The topological polar surface area (TPSA) is 259 Å². The molecule has 9 aliphatic rings. The first-order valence-electron chi connectivity index (χ1n) is 23.5. The first-order chi connectivity index (χ1) is 29.4. The lowest BCUT2D eigenvalue weighted by Crippen LogP contribution is -2.67. The maximum absolute atomic E-state index is 12.0. The maximum Gasteiger partial charge on any atom is 0.187 e. The van der Waals surface area contributed by atoms with Crippen molar-refractivity contribution in [1.29, 1.82) is 0 Å². The summed E-state index contributed by atoms with van der Waals surface area (Å²) in [6.07, 6.45) is -11.6. The van der Waals surface area contributed by atoms with Gasteiger partial charge in [0.15, 0.2) is 18.9 Å². The van der Waals surface area contributed by atoms with Crippen LogP contribution in [0.5, 0.6) is 0 Å². The predicted octanol–water partition coefficient (Wildman–Crippen LogP) is -0.213. The summed E-state index contributed by atoms with van der Waals surface area (Å²) in [5.74, 6) is 3.36. The summed E-state index contributed by atoms with van der Waals surface area (Å²) < 4.78 is 43.5. The van der Waals surface area contributed by atoms with Crippen molar-refractivity contribution < 1.29 is 79.1 Å². The molecule has 5 heterocycles. The highest BCUT2D eigenvalue weighted by atomic mass is 16.8. The predicted molar refractivity (Wildman–Crippen MR) is 216 cm³/mol. The monoisotopic (exact) mass is 883 g/mol. The molecule has 9 rings (SSSR count). The van der Waals surface area contributed by atoms with Crippen molar-refractivity contribution in [3.8, 4) is 0 Å². The molecule has 0 radical (unpaired) electrons. The molecular weight excluding hydrogens is 810 g/mol. The summed E-state index contributed by atoms with van der Waals surface area (Å²) in [5, 5.41) is 99.6. The Morgan fingerprint density at radius 1 is 0.694 bits per heavy atom. The summed E-state index contributed by atoms with van der Waals surface area (Å²) in [7, 11) is 0. The number of aliphatic hydroxyl groups excluding tert-OH is 9. The summed E-state index contributed by atoms with van der Waals surface area (Å²) >= 11 is 0. The van der Waals surface area contributed by atoms with E-state index in [-0.39, 0.29) is 28.8 Å². The molecule has 5 saturated heterocycles. The number of fused-ring (bicyclic) bond motifs is 7. The van der Waals surface area contributed by atoms with Crippen LogP contribution in [0.4, 0.5) is 0 Å². The molecule has 26 atom stereocenters. The quantitative estimate of drug-likeness (QED) is 0.142. The number of ether oxygens (including phenoxy) is 7. The van der Waals surface area contributed by atoms with Gasteiger partial charge in [-0.15, -0.1) is 0 Å². The molecule has 1 spiro atoms. The standard InChI is InChI=1S/C45H73NO16/c1-19-8-13-45(46-16-19)20(2)30-27(62-45)15-26-24-7-6-22-14-23(9-11-43(22,4)25(24)10-12-44(26,30)5)57-42-39(61-40-35(53)33(51)31(49)21(3)56-40)37(55)38(29(18-48)59-42)60-41-36(54)34(52)32(50)28(17-47)58-41/h6,19-21,23-42,46-55H,7-18H2,1-5H3/t19-,20+,21+,23+,24-,25+,26+,27+,28-,29-,30+,31+,32-,33-,34+,35-,36-,37+,38+,39-,40+,41+,42-,43+,44+,45-/m1/s1. The normalized spacial score (nSPS) is 57.6. The zero-order chi connectivity index (χ0) is 44.2. The summed E-state index contributed by atoms with van der Waals surface area (Å²) in [6.45, 7) is 10.9. The first-order valence-corrected chi connectivity index (χ1v) is 23.5. The van der Waals surface area contributed by atoms with Crippen LogP contribution in [-0.4, -0.2) is 176 Å². The number of aliphatic hydroxyl groups is 9. The highest BCUT2D eigenvalue weighted by Crippen LogP contribution is 2.70. The van der Waals surface area contributed by atoms with Gasteiger partial charge in [-0.2, -0.15) is 0 Å². The van der Waals surface area contributed by atoms with Gasteiger partial charge in [0, 0.05) is 12.5 Å². The van der Waals surface area contributed by atoms with Gasteiger partial charge in [-0.1, -0.05) is 39.3 Å². The third-order valence-electron chi connectivity index (χ3n) is 17.9. The Morgan fingerprint density at radius 2 is 1.37 bits per heavy atom. The number of rotatable bonds is 8. The van der Waals surface area contributed by atoms with Crippen LogP contribution >= 0.6 is 0 Å². The van der Waals surface area contributed by atoms with Crippen LogP contribution in [0.1, 0.15) is 92.4 Å². The Balaban J connectivity index is 0.917. The molecule has 10 N–H and O–H groups in total. The van der Waals surface area contributed by atoms with Gasteiger partial charge in [0.05, 0.1) is 31.5 Å². The van der Waals surface area contributed by atoms with Crippen molar-refractivity contribution in [2.24, 2.45) is 46.3 Å². The van der Waals surface area contributed by atoms with Gasteiger partial charge in [0.25, 0.3) is 0 Å². The Labute approximate surface area is 364 Å². The van der Waals surface area contributed by atoms with Gasteiger partial charge in [0.2, 0.25) is 0 Å². The molecule has 17 nitrogen and oxygen atoms in total. The van der Waals surface area contributed by atoms with E-state index in [1.165, 1.54) is 25.3 Å². The number of hydrogen-bond donors (Lipinski definition) is 10. The first kappa shape index (κ1) is 46.2. The van der Waals surface area contributed by atoms with Gasteiger partial charge in [-0.3, -0.25) is 5.32 Å². The van der Waals surface area contributed by atoms with E-state index in [0.29, 0.717) is 48.3 Å². The van der Waals surface area contributed by atoms with Gasteiger partial charge in [-0.25, -0.2) is 0 Å². The molecule has 0 amide bonds. The van der Waals surface area contributed by atoms with Gasteiger partial charge < -0.3 is 79.1 Å². The zero-order valence-electron chi connectivity index (χ0n) is 36.7. The lowest BCUT2D eigenvalue weighted by molar-refractivity contribution is -0.389. The Bertz CT molecular complexity index is 1610. The lowest BCUT2D eigenvalue weighted by Gasteiger charge is -2.59. The largest absolute Gasteiger partial charge is 0.394 e. The van der Waals surface area contributed by atoms with E-state index < -0.39 is 105 Å². The van der Waals surface area contributed by atoms with E-state index in [9.17, 15) is 46.0 Å². The van der Waals surface area contributed by atoms with Gasteiger partial charge >= 0.3 is 0 Å². The van der Waals surface area contributed by atoms with Crippen molar-refractivity contribution in [2.75, 3.05) is 19.8 Å². The SMILES string of the molecule is C[C@@H]1CC[C@@]2(NC1)O[C@H]1C[C@H]3[C@@H]4CC=C5C[C@@H](O[C@@H]6O[C@H](CO)[C@H](O[C@@H]7O[C@H](CO)[C@@H](O)[C@H](O)[C@H]7O)[C@H](O)[C@H]6O[C@@H]6O[C@@H](C)[C@H](O)[C@@H](O)[C@H]6O)CC[C@]5(C)[C@H]4CC[C@]3(C)[C@H]1[C@@H]2C. The van der Waals surface area contributed by atoms with Crippen LogP contribution < -0.4 is 5.32 Å². The van der Waals surface area contributed by atoms with Crippen LogP contribution in [0.3, 0.4) is 0 Å². The van der Waals surface area contributed by atoms with Crippen molar-refractivity contribution in [3.05, 3.63) is 11.6 Å². The van der Waals surface area contributed by atoms with E-state index in [2.05, 4.69) is 39.1 Å². The van der Waals surface area contributed by atoms with Crippen molar-refractivity contribution in [2.45, 2.75) is 202 Å². The van der Waals surface area contributed by atoms with E-state index in [1.54, 1.807) is 0 Å². The molecule has 0 unspecified atom stereocenters. The molecule has 62 heavy (non-hydrogen) atoms. The second-order valence-electron chi connectivity index (χ2n) is 21.2. The van der Waals surface area contributed by atoms with E-state index in [0.717, 1.165) is 38.6 Å². The van der Waals surface area contributed by atoms with Crippen LogP contribution in [0, 0.1) is 46.3 Å². The van der Waals surface area contributed by atoms with Crippen LogP contribution in [-0.2, 0) is 33.2 Å². The average Bonchev–Trinajstić information content (AvgIpc) is 3.70. The third kappa shape index (κ3) is 7.49.